The third kappa shape index (κ3) is 6.33. The van der Waals surface area contributed by atoms with Crippen molar-refractivity contribution < 1.29 is 4.79 Å². The Morgan fingerprint density at radius 2 is 1.74 bits per heavy atom. The number of nitrogens with two attached hydrogens (primary N) is 1. The molecule has 35 heavy (non-hydrogen) atoms. The smallest absolute Gasteiger partial charge is 0.330 e. The van der Waals surface area contributed by atoms with E-state index in [9.17, 15) is 14.4 Å². The van der Waals surface area contributed by atoms with Crippen molar-refractivity contribution in [1.82, 2.24) is 9.55 Å². The van der Waals surface area contributed by atoms with Gasteiger partial charge in [0.25, 0.3) is 5.56 Å². The maximum absolute atomic E-state index is 13.4. The Morgan fingerprint density at radius 3 is 2.43 bits per heavy atom. The van der Waals surface area contributed by atoms with E-state index in [4.69, 9.17) is 5.73 Å². The number of allylic oxidation sites excluding steroid dienone is 1. The highest BCUT2D eigenvalue weighted by molar-refractivity contribution is 8.00. The molecule has 0 unspecified atom stereocenters. The minimum Gasteiger partial charge on any atom is -0.383 e. The molecule has 0 fully saturated rings. The van der Waals surface area contributed by atoms with Crippen LogP contribution in [0.25, 0.3) is 0 Å². The maximum Gasteiger partial charge on any atom is 0.330 e. The SMILES string of the molecule is Nc1c(N(CCC2=CCCCC2)C(=O)CSc2ccccc2)c(=O)[nH]c(=O)n1Cc1ccccc1. The zero-order valence-corrected chi connectivity index (χ0v) is 20.4. The van der Waals surface area contributed by atoms with Crippen LogP contribution < -0.4 is 21.9 Å². The van der Waals surface area contributed by atoms with Crippen molar-refractivity contribution in [3.63, 3.8) is 0 Å². The molecule has 0 aliphatic heterocycles. The van der Waals surface area contributed by atoms with Crippen molar-refractivity contribution in [3.05, 3.63) is 98.7 Å². The number of carbonyl (C=O) groups excluding carboxylic acids is 1. The van der Waals surface area contributed by atoms with Crippen LogP contribution in [0.15, 0.2) is 86.8 Å². The first-order valence-corrected chi connectivity index (χ1v) is 12.8. The quantitative estimate of drug-likeness (QED) is 0.346. The molecule has 0 spiro atoms. The summed E-state index contributed by atoms with van der Waals surface area (Å²) < 4.78 is 1.32. The van der Waals surface area contributed by atoms with Crippen LogP contribution in [0, 0.1) is 0 Å². The van der Waals surface area contributed by atoms with Crippen molar-refractivity contribution in [1.29, 1.82) is 0 Å². The molecule has 3 aromatic rings. The second kappa shape index (κ2) is 11.8. The van der Waals surface area contributed by atoms with E-state index in [2.05, 4.69) is 11.1 Å². The molecular weight excluding hydrogens is 460 g/mol. The van der Waals surface area contributed by atoms with Crippen LogP contribution in [0.5, 0.6) is 0 Å². The third-order valence-electron chi connectivity index (χ3n) is 6.12. The number of nitrogens with zero attached hydrogens (tertiary/aromatic N) is 2. The monoisotopic (exact) mass is 490 g/mol. The number of nitrogens with one attached hydrogen (secondary N) is 1. The van der Waals surface area contributed by atoms with Gasteiger partial charge in [0.2, 0.25) is 5.91 Å². The fourth-order valence-electron chi connectivity index (χ4n) is 4.25. The first-order chi connectivity index (χ1) is 17.0. The van der Waals surface area contributed by atoms with Crippen LogP contribution in [-0.4, -0.2) is 27.8 Å². The summed E-state index contributed by atoms with van der Waals surface area (Å²) in [7, 11) is 0. The molecule has 3 N–H and O–H groups in total. The van der Waals surface area contributed by atoms with Crippen LogP contribution in [0.4, 0.5) is 11.5 Å². The van der Waals surface area contributed by atoms with Crippen LogP contribution >= 0.6 is 11.8 Å². The van der Waals surface area contributed by atoms with E-state index in [1.807, 2.05) is 60.7 Å². The lowest BCUT2D eigenvalue weighted by Crippen LogP contribution is -2.42. The number of H-pyrrole nitrogens is 1. The molecule has 0 radical (unpaired) electrons. The molecule has 0 saturated carbocycles. The summed E-state index contributed by atoms with van der Waals surface area (Å²) in [5.41, 5.74) is 7.37. The van der Waals surface area contributed by atoms with Gasteiger partial charge in [0.15, 0.2) is 5.69 Å². The Hall–Kier alpha value is -3.52. The Labute approximate surface area is 208 Å². The van der Waals surface area contributed by atoms with E-state index >= 15 is 0 Å². The Balaban J connectivity index is 1.66. The van der Waals surface area contributed by atoms with Gasteiger partial charge in [0.1, 0.15) is 5.82 Å². The van der Waals surface area contributed by atoms with Crippen LogP contribution in [0.1, 0.15) is 37.7 Å². The highest BCUT2D eigenvalue weighted by atomic mass is 32.2. The fraction of sp³-hybridized carbons (Fsp3) is 0.296. The molecule has 182 valence electrons. The predicted octanol–water partition coefficient (Wildman–Crippen LogP) is 4.18. The van der Waals surface area contributed by atoms with Gasteiger partial charge < -0.3 is 10.6 Å². The Kier molecular flexibility index (Phi) is 8.26. The molecule has 1 amide bonds. The number of hydrogen-bond donors (Lipinski definition) is 2. The first kappa shape index (κ1) is 24.6. The molecule has 0 atom stereocenters. The molecule has 1 aromatic heterocycles. The topological polar surface area (TPSA) is 101 Å². The number of thioether (sulfide) groups is 1. The summed E-state index contributed by atoms with van der Waals surface area (Å²) in [4.78, 5) is 43.8. The van der Waals surface area contributed by atoms with E-state index in [1.54, 1.807) is 0 Å². The lowest BCUT2D eigenvalue weighted by atomic mass is 9.97. The van der Waals surface area contributed by atoms with Gasteiger partial charge in [-0.2, -0.15) is 0 Å². The van der Waals surface area contributed by atoms with Gasteiger partial charge in [0.05, 0.1) is 12.3 Å². The van der Waals surface area contributed by atoms with Crippen molar-refractivity contribution in [2.45, 2.75) is 43.5 Å². The average molecular weight is 491 g/mol. The molecular formula is C27H30N4O3S. The fourth-order valence-corrected chi connectivity index (χ4v) is 5.04. The number of hydrogen-bond acceptors (Lipinski definition) is 5. The van der Waals surface area contributed by atoms with E-state index in [0.717, 1.165) is 29.7 Å². The van der Waals surface area contributed by atoms with Crippen molar-refractivity contribution in [2.24, 2.45) is 0 Å². The zero-order valence-electron chi connectivity index (χ0n) is 19.6. The molecule has 0 bridgehead atoms. The molecule has 0 saturated heterocycles. The lowest BCUT2D eigenvalue weighted by Gasteiger charge is -2.25. The van der Waals surface area contributed by atoms with Crippen molar-refractivity contribution in [2.75, 3.05) is 22.9 Å². The molecule has 1 heterocycles. The van der Waals surface area contributed by atoms with E-state index in [0.29, 0.717) is 13.0 Å². The summed E-state index contributed by atoms with van der Waals surface area (Å²) in [5, 5.41) is 0. The van der Waals surface area contributed by atoms with Crippen LogP contribution in [0.2, 0.25) is 0 Å². The highest BCUT2D eigenvalue weighted by Crippen LogP contribution is 2.25. The second-order valence-electron chi connectivity index (χ2n) is 8.57. The van der Waals surface area contributed by atoms with Gasteiger partial charge in [-0.25, -0.2) is 4.79 Å². The molecule has 1 aliphatic carbocycles. The molecule has 4 rings (SSSR count). The number of nitrogen functional groups attached to an aromatic ring is 1. The number of carbonyl (C=O) groups is 1. The number of amides is 1. The third-order valence-corrected chi connectivity index (χ3v) is 7.11. The highest BCUT2D eigenvalue weighted by Gasteiger charge is 2.25. The van der Waals surface area contributed by atoms with Gasteiger partial charge in [-0.15, -0.1) is 11.8 Å². The number of benzene rings is 2. The maximum atomic E-state index is 13.4. The summed E-state index contributed by atoms with van der Waals surface area (Å²) in [5.74, 6) is -0.0737. The second-order valence-corrected chi connectivity index (χ2v) is 9.62. The number of rotatable bonds is 9. The lowest BCUT2D eigenvalue weighted by molar-refractivity contribution is -0.116. The summed E-state index contributed by atoms with van der Waals surface area (Å²) in [6.45, 7) is 0.526. The average Bonchev–Trinajstić information content (AvgIpc) is 2.88. The van der Waals surface area contributed by atoms with E-state index < -0.39 is 11.2 Å². The van der Waals surface area contributed by atoms with Crippen LogP contribution in [-0.2, 0) is 11.3 Å². The number of aromatic amines is 1. The van der Waals surface area contributed by atoms with Crippen LogP contribution in [0.3, 0.4) is 0 Å². The summed E-state index contributed by atoms with van der Waals surface area (Å²) in [6, 6.07) is 19.0. The number of anilines is 2. The number of aromatic nitrogens is 2. The molecule has 8 heteroatoms. The van der Waals surface area contributed by atoms with Crippen molar-refractivity contribution >= 4 is 29.2 Å². The van der Waals surface area contributed by atoms with Gasteiger partial charge in [-0.1, -0.05) is 60.2 Å². The largest absolute Gasteiger partial charge is 0.383 e. The summed E-state index contributed by atoms with van der Waals surface area (Å²) in [6.07, 6.45) is 7.25. The van der Waals surface area contributed by atoms with Gasteiger partial charge in [0, 0.05) is 11.4 Å². The predicted molar refractivity (Wildman–Crippen MR) is 142 cm³/mol. The van der Waals surface area contributed by atoms with Gasteiger partial charge in [-0.3, -0.25) is 19.1 Å². The molecule has 2 aromatic carbocycles. The van der Waals surface area contributed by atoms with Gasteiger partial charge >= 0.3 is 5.69 Å². The first-order valence-electron chi connectivity index (χ1n) is 11.9. The van der Waals surface area contributed by atoms with E-state index in [-0.39, 0.29) is 29.7 Å². The molecule has 1 aliphatic rings. The Morgan fingerprint density at radius 1 is 1.03 bits per heavy atom. The zero-order chi connectivity index (χ0) is 24.6. The Bertz CT molecular complexity index is 1300. The minimum absolute atomic E-state index is 0.00159. The van der Waals surface area contributed by atoms with E-state index in [1.165, 1.54) is 33.2 Å². The summed E-state index contributed by atoms with van der Waals surface area (Å²) >= 11 is 1.41. The molecule has 7 nitrogen and oxygen atoms in total. The standard InChI is InChI=1S/C27H30N4O3S/c28-25-24(26(33)29-27(34)31(25)18-21-12-6-2-7-13-21)30(17-16-20-10-4-1-5-11-20)23(32)19-35-22-14-8-3-9-15-22/h2-3,6-10,12-15H,1,4-5,11,16-19,28H2,(H,29,33,34). The van der Waals surface area contributed by atoms with Crippen molar-refractivity contribution in [3.8, 4) is 0 Å². The van der Waals surface area contributed by atoms with Gasteiger partial charge in [-0.05, 0) is 49.8 Å². The minimum atomic E-state index is -0.646. The normalized spacial score (nSPS) is 13.3.